The number of nitrogens with one attached hydrogen (secondary N) is 1. The number of nitrogens with zero attached hydrogens (tertiary/aromatic N) is 1. The van der Waals surface area contributed by atoms with Crippen molar-refractivity contribution in [3.8, 4) is 5.75 Å². The van der Waals surface area contributed by atoms with Crippen LogP contribution in [0, 0.1) is 5.82 Å². The minimum absolute atomic E-state index is 0.0183. The van der Waals surface area contributed by atoms with Crippen molar-refractivity contribution in [1.82, 2.24) is 4.57 Å². The Morgan fingerprint density at radius 3 is 2.42 bits per heavy atom. The van der Waals surface area contributed by atoms with Gasteiger partial charge < -0.3 is 14.6 Å². The SMILES string of the molecule is COc1ccccc1NC(=O)Cn1cc(S(=O)(=O)c2ccc(F)cc2)c2ccccc21. The Bertz CT molecular complexity index is 1360. The van der Waals surface area contributed by atoms with Crippen molar-refractivity contribution in [2.45, 2.75) is 16.3 Å². The Morgan fingerprint density at radius 1 is 1.00 bits per heavy atom. The monoisotopic (exact) mass is 438 g/mol. The number of anilines is 1. The molecule has 0 aliphatic carbocycles. The third kappa shape index (κ3) is 4.02. The maximum atomic E-state index is 13.3. The summed E-state index contributed by atoms with van der Waals surface area (Å²) >= 11 is 0. The van der Waals surface area contributed by atoms with Crippen LogP contribution in [-0.4, -0.2) is 26.0 Å². The molecule has 0 spiro atoms. The molecule has 31 heavy (non-hydrogen) atoms. The lowest BCUT2D eigenvalue weighted by Crippen LogP contribution is -2.18. The summed E-state index contributed by atoms with van der Waals surface area (Å²) in [7, 11) is -2.40. The number of ether oxygens (including phenoxy) is 1. The molecule has 0 aliphatic heterocycles. The van der Waals surface area contributed by atoms with Crippen molar-refractivity contribution in [3.63, 3.8) is 0 Å². The van der Waals surface area contributed by atoms with E-state index in [0.29, 0.717) is 22.3 Å². The second-order valence-electron chi connectivity index (χ2n) is 6.84. The molecule has 1 N–H and O–H groups in total. The molecule has 1 heterocycles. The third-order valence-corrected chi connectivity index (χ3v) is 6.66. The standard InChI is InChI=1S/C23H19FN2O4S/c1-30-21-9-5-3-7-19(21)25-23(27)15-26-14-22(18-6-2-4-8-20(18)26)31(28,29)17-12-10-16(24)11-13-17/h2-14H,15H2,1H3,(H,25,27). The van der Waals surface area contributed by atoms with Gasteiger partial charge in [0.25, 0.3) is 0 Å². The molecule has 4 rings (SSSR count). The molecule has 0 bridgehead atoms. The van der Waals surface area contributed by atoms with E-state index in [2.05, 4.69) is 5.32 Å². The van der Waals surface area contributed by atoms with Crippen molar-refractivity contribution in [3.05, 3.63) is 84.8 Å². The highest BCUT2D eigenvalue weighted by Crippen LogP contribution is 2.30. The number of sulfone groups is 1. The normalized spacial score (nSPS) is 11.4. The zero-order chi connectivity index (χ0) is 22.0. The Morgan fingerprint density at radius 2 is 1.68 bits per heavy atom. The van der Waals surface area contributed by atoms with Crippen molar-refractivity contribution < 1.29 is 22.3 Å². The van der Waals surface area contributed by atoms with Crippen LogP contribution in [-0.2, 0) is 21.2 Å². The average Bonchev–Trinajstić information content (AvgIpc) is 3.13. The van der Waals surface area contributed by atoms with Crippen LogP contribution in [0.1, 0.15) is 0 Å². The van der Waals surface area contributed by atoms with E-state index in [-0.39, 0.29) is 22.2 Å². The quantitative estimate of drug-likeness (QED) is 0.457. The molecule has 0 saturated heterocycles. The number of halogens is 1. The molecule has 0 fully saturated rings. The van der Waals surface area contributed by atoms with Gasteiger partial charge in [0.15, 0.2) is 0 Å². The van der Waals surface area contributed by atoms with Gasteiger partial charge in [-0.15, -0.1) is 0 Å². The van der Waals surface area contributed by atoms with E-state index >= 15 is 0 Å². The number of carbonyl (C=O) groups excluding carboxylic acids is 1. The van der Waals surface area contributed by atoms with Crippen LogP contribution in [0.15, 0.2) is 88.8 Å². The zero-order valence-corrected chi connectivity index (χ0v) is 17.4. The van der Waals surface area contributed by atoms with Crippen LogP contribution >= 0.6 is 0 Å². The molecule has 0 aliphatic rings. The number of fused-ring (bicyclic) bond motifs is 1. The highest BCUT2D eigenvalue weighted by molar-refractivity contribution is 7.91. The molecular formula is C23H19FN2O4S. The summed E-state index contributed by atoms with van der Waals surface area (Å²) in [5, 5.41) is 3.27. The second-order valence-corrected chi connectivity index (χ2v) is 8.76. The number of methoxy groups -OCH3 is 1. The molecule has 0 unspecified atom stereocenters. The van der Waals surface area contributed by atoms with Gasteiger partial charge in [-0.25, -0.2) is 12.8 Å². The predicted molar refractivity (Wildman–Crippen MR) is 115 cm³/mol. The van der Waals surface area contributed by atoms with Gasteiger partial charge in [-0.3, -0.25) is 4.79 Å². The van der Waals surface area contributed by atoms with E-state index in [1.807, 2.05) is 0 Å². The first-order valence-electron chi connectivity index (χ1n) is 9.41. The van der Waals surface area contributed by atoms with Gasteiger partial charge in [0.05, 0.1) is 22.6 Å². The zero-order valence-electron chi connectivity index (χ0n) is 16.6. The fourth-order valence-electron chi connectivity index (χ4n) is 3.39. The Balaban J connectivity index is 1.70. The number of aromatic nitrogens is 1. The summed E-state index contributed by atoms with van der Waals surface area (Å²) in [6.07, 6.45) is 1.44. The maximum Gasteiger partial charge on any atom is 0.244 e. The van der Waals surface area contributed by atoms with Crippen LogP contribution in [0.2, 0.25) is 0 Å². The Kier molecular flexibility index (Phi) is 5.48. The van der Waals surface area contributed by atoms with Gasteiger partial charge in [0.2, 0.25) is 15.7 Å². The van der Waals surface area contributed by atoms with Gasteiger partial charge in [-0.1, -0.05) is 30.3 Å². The number of hydrogen-bond donors (Lipinski definition) is 1. The molecule has 0 atom stereocenters. The molecule has 1 aromatic heterocycles. The van der Waals surface area contributed by atoms with Crippen molar-refractivity contribution >= 4 is 32.3 Å². The number of benzene rings is 3. The minimum atomic E-state index is -3.91. The third-order valence-electron chi connectivity index (χ3n) is 4.86. The largest absolute Gasteiger partial charge is 0.495 e. The van der Waals surface area contributed by atoms with Crippen LogP contribution in [0.25, 0.3) is 10.9 Å². The first-order valence-corrected chi connectivity index (χ1v) is 10.9. The highest BCUT2D eigenvalue weighted by atomic mass is 32.2. The average molecular weight is 438 g/mol. The van der Waals surface area contributed by atoms with Crippen molar-refractivity contribution in [2.75, 3.05) is 12.4 Å². The first-order chi connectivity index (χ1) is 14.9. The van der Waals surface area contributed by atoms with E-state index in [1.54, 1.807) is 53.1 Å². The van der Waals surface area contributed by atoms with E-state index in [9.17, 15) is 17.6 Å². The lowest BCUT2D eigenvalue weighted by atomic mass is 10.2. The van der Waals surface area contributed by atoms with E-state index in [0.717, 1.165) is 12.1 Å². The fraction of sp³-hybridized carbons (Fsp3) is 0.0870. The summed E-state index contributed by atoms with van der Waals surface area (Å²) in [6, 6.07) is 18.6. The lowest BCUT2D eigenvalue weighted by molar-refractivity contribution is -0.116. The lowest BCUT2D eigenvalue weighted by Gasteiger charge is -2.10. The minimum Gasteiger partial charge on any atom is -0.495 e. The fourth-order valence-corrected chi connectivity index (χ4v) is 4.87. The predicted octanol–water partition coefficient (Wildman–Crippen LogP) is 4.26. The Hall–Kier alpha value is -3.65. The summed E-state index contributed by atoms with van der Waals surface area (Å²) < 4.78 is 46.4. The van der Waals surface area contributed by atoms with Gasteiger partial charge in [0.1, 0.15) is 18.1 Å². The molecule has 0 radical (unpaired) electrons. The summed E-state index contributed by atoms with van der Waals surface area (Å²) in [5.41, 5.74) is 1.11. The van der Waals surface area contributed by atoms with Gasteiger partial charge in [-0.05, 0) is 42.5 Å². The van der Waals surface area contributed by atoms with Crippen LogP contribution < -0.4 is 10.1 Å². The molecule has 3 aromatic carbocycles. The van der Waals surface area contributed by atoms with Gasteiger partial charge >= 0.3 is 0 Å². The van der Waals surface area contributed by atoms with Crippen LogP contribution in [0.4, 0.5) is 10.1 Å². The Labute approximate surface area is 178 Å². The molecule has 158 valence electrons. The number of carbonyl (C=O) groups is 1. The number of rotatable bonds is 6. The molecule has 0 saturated carbocycles. The van der Waals surface area contributed by atoms with E-state index < -0.39 is 15.7 Å². The van der Waals surface area contributed by atoms with Crippen molar-refractivity contribution in [2.24, 2.45) is 0 Å². The summed E-state index contributed by atoms with van der Waals surface area (Å²) in [4.78, 5) is 12.7. The molecule has 6 nitrogen and oxygen atoms in total. The number of hydrogen-bond acceptors (Lipinski definition) is 4. The maximum absolute atomic E-state index is 13.3. The van der Waals surface area contributed by atoms with Crippen LogP contribution in [0.5, 0.6) is 5.75 Å². The number of para-hydroxylation sites is 3. The molecule has 4 aromatic rings. The second kappa shape index (κ2) is 8.23. The van der Waals surface area contributed by atoms with Gasteiger partial charge in [0, 0.05) is 17.1 Å². The highest BCUT2D eigenvalue weighted by Gasteiger charge is 2.24. The van der Waals surface area contributed by atoms with Crippen LogP contribution in [0.3, 0.4) is 0 Å². The first kappa shape index (κ1) is 20.6. The van der Waals surface area contributed by atoms with E-state index in [4.69, 9.17) is 4.74 Å². The summed E-state index contributed by atoms with van der Waals surface area (Å²) in [6.45, 7) is -0.0997. The molecule has 1 amide bonds. The smallest absolute Gasteiger partial charge is 0.244 e. The number of amides is 1. The molecule has 8 heteroatoms. The topological polar surface area (TPSA) is 77.4 Å². The molecular weight excluding hydrogens is 419 g/mol. The van der Waals surface area contributed by atoms with Gasteiger partial charge in [-0.2, -0.15) is 0 Å². The summed E-state index contributed by atoms with van der Waals surface area (Å²) in [5.74, 6) is -0.335. The van der Waals surface area contributed by atoms with E-state index in [1.165, 1.54) is 25.4 Å². The van der Waals surface area contributed by atoms with Crippen molar-refractivity contribution in [1.29, 1.82) is 0 Å².